The fourth-order valence-electron chi connectivity index (χ4n) is 1.80. The number of likely N-dealkylation sites (N-methyl/N-ethyl adjacent to an activating group) is 1. The van der Waals surface area contributed by atoms with Gasteiger partial charge in [-0.05, 0) is 19.0 Å². The highest BCUT2D eigenvalue weighted by molar-refractivity contribution is 5.25. The van der Waals surface area contributed by atoms with Gasteiger partial charge in [-0.1, -0.05) is 37.3 Å². The summed E-state index contributed by atoms with van der Waals surface area (Å²) in [6, 6.07) is 9.94. The highest BCUT2D eigenvalue weighted by Crippen LogP contribution is 2.21. The Kier molecular flexibility index (Phi) is 5.46. The molecule has 2 N–H and O–H groups in total. The van der Waals surface area contributed by atoms with Gasteiger partial charge in [-0.15, -0.1) is 0 Å². The first kappa shape index (κ1) is 13.2. The Hall–Kier alpha value is -0.900. The maximum Gasteiger partial charge on any atom is 0.0905 e. The lowest BCUT2D eigenvalue weighted by molar-refractivity contribution is 0.0401. The number of aliphatic hydroxyl groups is 1. The van der Waals surface area contributed by atoms with Crippen LogP contribution in [0.4, 0.5) is 0 Å². The molecule has 3 heteroatoms. The van der Waals surface area contributed by atoms with Crippen molar-refractivity contribution in [2.45, 2.75) is 19.4 Å². The molecule has 0 bridgehead atoms. The Bertz CT molecular complexity index is 289. The minimum Gasteiger partial charge on any atom is -0.394 e. The monoisotopic (exact) mass is 223 g/mol. The summed E-state index contributed by atoms with van der Waals surface area (Å²) in [5.74, 6) is 0. The molecular weight excluding hydrogens is 202 g/mol. The molecule has 0 aliphatic heterocycles. The summed E-state index contributed by atoms with van der Waals surface area (Å²) < 4.78 is 5.47. The first-order valence-corrected chi connectivity index (χ1v) is 5.78. The standard InChI is InChI=1S/C13H21NO2/c1-3-14-13(10-15,11-16-4-2)12-8-6-5-7-9-12/h5-9,14-15H,3-4,10-11H2,1-2H3. The van der Waals surface area contributed by atoms with Gasteiger partial charge in [0.15, 0.2) is 0 Å². The van der Waals surface area contributed by atoms with Crippen LogP contribution in [0.3, 0.4) is 0 Å². The molecule has 0 aliphatic carbocycles. The molecular formula is C13H21NO2. The van der Waals surface area contributed by atoms with Crippen LogP contribution >= 0.6 is 0 Å². The second kappa shape index (κ2) is 6.63. The van der Waals surface area contributed by atoms with Gasteiger partial charge < -0.3 is 15.2 Å². The first-order chi connectivity index (χ1) is 7.79. The second-order valence-electron chi connectivity index (χ2n) is 3.77. The summed E-state index contributed by atoms with van der Waals surface area (Å²) in [4.78, 5) is 0. The number of rotatable bonds is 7. The quantitative estimate of drug-likeness (QED) is 0.736. The van der Waals surface area contributed by atoms with E-state index in [9.17, 15) is 5.11 Å². The van der Waals surface area contributed by atoms with Crippen LogP contribution < -0.4 is 5.32 Å². The molecule has 0 saturated heterocycles. The van der Waals surface area contributed by atoms with Crippen molar-refractivity contribution in [3.8, 4) is 0 Å². The van der Waals surface area contributed by atoms with Gasteiger partial charge in [-0.25, -0.2) is 0 Å². The van der Waals surface area contributed by atoms with E-state index in [4.69, 9.17) is 4.74 Å². The van der Waals surface area contributed by atoms with E-state index in [2.05, 4.69) is 5.32 Å². The van der Waals surface area contributed by atoms with E-state index in [1.54, 1.807) is 0 Å². The van der Waals surface area contributed by atoms with Crippen LogP contribution in [0, 0.1) is 0 Å². The summed E-state index contributed by atoms with van der Waals surface area (Å²) in [5.41, 5.74) is 0.583. The molecule has 0 fully saturated rings. The van der Waals surface area contributed by atoms with E-state index in [0.717, 1.165) is 12.1 Å². The third-order valence-electron chi connectivity index (χ3n) is 2.66. The fourth-order valence-corrected chi connectivity index (χ4v) is 1.80. The molecule has 1 unspecified atom stereocenters. The van der Waals surface area contributed by atoms with E-state index in [0.29, 0.717) is 13.2 Å². The number of hydrogen-bond acceptors (Lipinski definition) is 3. The molecule has 0 aliphatic rings. The zero-order valence-corrected chi connectivity index (χ0v) is 10.1. The zero-order chi connectivity index (χ0) is 11.9. The van der Waals surface area contributed by atoms with Crippen LogP contribution in [0.15, 0.2) is 30.3 Å². The summed E-state index contributed by atoms with van der Waals surface area (Å²) >= 11 is 0. The van der Waals surface area contributed by atoms with Crippen molar-refractivity contribution in [1.82, 2.24) is 5.32 Å². The van der Waals surface area contributed by atoms with Gasteiger partial charge in [-0.3, -0.25) is 0 Å². The van der Waals surface area contributed by atoms with Gasteiger partial charge in [0.2, 0.25) is 0 Å². The fraction of sp³-hybridized carbons (Fsp3) is 0.538. The largest absolute Gasteiger partial charge is 0.394 e. The molecule has 0 heterocycles. The summed E-state index contributed by atoms with van der Waals surface area (Å²) in [5, 5.41) is 13.0. The minimum atomic E-state index is -0.480. The highest BCUT2D eigenvalue weighted by Gasteiger charge is 2.30. The van der Waals surface area contributed by atoms with Crippen LogP contribution in [-0.2, 0) is 10.3 Å². The number of hydrogen-bond donors (Lipinski definition) is 2. The maximum atomic E-state index is 9.65. The molecule has 0 saturated carbocycles. The summed E-state index contributed by atoms with van der Waals surface area (Å²) in [7, 11) is 0. The molecule has 0 radical (unpaired) electrons. The van der Waals surface area contributed by atoms with Crippen molar-refractivity contribution in [2.24, 2.45) is 0 Å². The molecule has 1 aromatic rings. The van der Waals surface area contributed by atoms with Crippen LogP contribution in [0.1, 0.15) is 19.4 Å². The average Bonchev–Trinajstić information content (AvgIpc) is 2.36. The molecule has 0 amide bonds. The van der Waals surface area contributed by atoms with Gasteiger partial charge in [-0.2, -0.15) is 0 Å². The SMILES string of the molecule is CCNC(CO)(COCC)c1ccccc1. The topological polar surface area (TPSA) is 41.5 Å². The average molecular weight is 223 g/mol. The molecule has 3 nitrogen and oxygen atoms in total. The van der Waals surface area contributed by atoms with Gasteiger partial charge in [0.1, 0.15) is 0 Å². The zero-order valence-electron chi connectivity index (χ0n) is 10.1. The second-order valence-corrected chi connectivity index (χ2v) is 3.77. The molecule has 0 aromatic heterocycles. The minimum absolute atomic E-state index is 0.0326. The lowest BCUT2D eigenvalue weighted by Gasteiger charge is -2.33. The number of aliphatic hydroxyl groups excluding tert-OH is 1. The van der Waals surface area contributed by atoms with Crippen LogP contribution in [0.5, 0.6) is 0 Å². The molecule has 90 valence electrons. The Morgan fingerprint density at radius 3 is 2.44 bits per heavy atom. The van der Waals surface area contributed by atoms with Crippen LogP contribution in [0.25, 0.3) is 0 Å². The highest BCUT2D eigenvalue weighted by atomic mass is 16.5. The van der Waals surface area contributed by atoms with Gasteiger partial charge >= 0.3 is 0 Å². The van der Waals surface area contributed by atoms with Crippen molar-refractivity contribution in [3.05, 3.63) is 35.9 Å². The number of ether oxygens (including phenoxy) is 1. The molecule has 1 atom stereocenters. The molecule has 1 aromatic carbocycles. The summed E-state index contributed by atoms with van der Waals surface area (Å²) in [6.07, 6.45) is 0. The third kappa shape index (κ3) is 3.04. The normalized spacial score (nSPS) is 14.7. The number of nitrogens with one attached hydrogen (secondary N) is 1. The van der Waals surface area contributed by atoms with E-state index >= 15 is 0 Å². The molecule has 0 spiro atoms. The lowest BCUT2D eigenvalue weighted by atomic mass is 9.91. The van der Waals surface area contributed by atoms with E-state index < -0.39 is 5.54 Å². The van der Waals surface area contributed by atoms with Crippen molar-refractivity contribution >= 4 is 0 Å². The number of benzene rings is 1. The Morgan fingerprint density at radius 1 is 1.25 bits per heavy atom. The van der Waals surface area contributed by atoms with Gasteiger partial charge in [0.05, 0.1) is 18.8 Å². The van der Waals surface area contributed by atoms with E-state index in [1.807, 2.05) is 44.2 Å². The van der Waals surface area contributed by atoms with Crippen molar-refractivity contribution in [3.63, 3.8) is 0 Å². The maximum absolute atomic E-state index is 9.65. The molecule has 1 rings (SSSR count). The predicted molar refractivity (Wildman–Crippen MR) is 65.4 cm³/mol. The Balaban J connectivity index is 2.92. The van der Waals surface area contributed by atoms with E-state index in [-0.39, 0.29) is 6.61 Å². The van der Waals surface area contributed by atoms with Crippen LogP contribution in [0.2, 0.25) is 0 Å². The van der Waals surface area contributed by atoms with Crippen molar-refractivity contribution < 1.29 is 9.84 Å². The Labute approximate surface area is 97.4 Å². The van der Waals surface area contributed by atoms with Crippen molar-refractivity contribution in [2.75, 3.05) is 26.4 Å². The van der Waals surface area contributed by atoms with Gasteiger partial charge in [0, 0.05) is 6.61 Å². The third-order valence-corrected chi connectivity index (χ3v) is 2.66. The van der Waals surface area contributed by atoms with Crippen molar-refractivity contribution in [1.29, 1.82) is 0 Å². The first-order valence-electron chi connectivity index (χ1n) is 5.78. The van der Waals surface area contributed by atoms with E-state index in [1.165, 1.54) is 0 Å². The predicted octanol–water partition coefficient (Wildman–Crippen LogP) is 1.52. The molecule has 16 heavy (non-hydrogen) atoms. The summed E-state index contributed by atoms with van der Waals surface area (Å²) in [6.45, 7) is 5.95. The van der Waals surface area contributed by atoms with Crippen LogP contribution in [-0.4, -0.2) is 31.5 Å². The Morgan fingerprint density at radius 2 is 1.94 bits per heavy atom. The smallest absolute Gasteiger partial charge is 0.0905 e. The lowest BCUT2D eigenvalue weighted by Crippen LogP contribution is -2.49. The van der Waals surface area contributed by atoms with Gasteiger partial charge in [0.25, 0.3) is 0 Å².